The van der Waals surface area contributed by atoms with Crippen LogP contribution in [-0.2, 0) is 4.79 Å². The molecule has 8 heteroatoms. The van der Waals surface area contributed by atoms with E-state index >= 15 is 0 Å². The molecule has 2 aliphatic heterocycles. The first-order valence-electron chi connectivity index (χ1n) is 10.2. The number of nitrogens with two attached hydrogens (primary N) is 1. The number of carbonyl (C=O) groups is 1. The summed E-state index contributed by atoms with van der Waals surface area (Å²) < 4.78 is 0. The number of para-hydroxylation sites is 1. The molecule has 1 aromatic carbocycles. The Hall–Kier alpha value is -3.16. The lowest BCUT2D eigenvalue weighted by molar-refractivity contribution is -0.626. The van der Waals surface area contributed by atoms with Gasteiger partial charge in [0.1, 0.15) is 11.9 Å². The number of nitrogens with one attached hydrogen (secondary N) is 3. The van der Waals surface area contributed by atoms with Crippen LogP contribution in [0.5, 0.6) is 0 Å². The first-order valence-corrected chi connectivity index (χ1v) is 10.2. The molecule has 3 heterocycles. The maximum atomic E-state index is 13.2. The molecule has 2 unspecified atom stereocenters. The van der Waals surface area contributed by atoms with Gasteiger partial charge in [0.2, 0.25) is 0 Å². The molecule has 0 radical (unpaired) electrons. The summed E-state index contributed by atoms with van der Waals surface area (Å²) in [7, 11) is 0. The van der Waals surface area contributed by atoms with Crippen LogP contribution in [0.25, 0.3) is 10.9 Å². The molecule has 0 aliphatic carbocycles. The number of rotatable bonds is 7. The molecule has 2 aliphatic rings. The highest BCUT2D eigenvalue weighted by molar-refractivity contribution is 6.13. The van der Waals surface area contributed by atoms with Gasteiger partial charge in [-0.05, 0) is 28.7 Å². The smallest absolute Gasteiger partial charge is 0.251 e. The number of benzene rings is 1. The monoisotopic (exact) mass is 394 g/mol. The third-order valence-corrected chi connectivity index (χ3v) is 5.87. The average molecular weight is 395 g/mol. The second-order valence-electron chi connectivity index (χ2n) is 7.83. The van der Waals surface area contributed by atoms with Gasteiger partial charge in [-0.25, -0.2) is 0 Å². The number of aromatic nitrogens is 1. The summed E-state index contributed by atoms with van der Waals surface area (Å²) in [5, 5.41) is 4.54. The Bertz CT molecular complexity index is 1020. The predicted octanol–water partition coefficient (Wildman–Crippen LogP) is 2.68. The standard InChI is InChI=1S/C21H27N7O/c1-3-13(2)19-21(29)27-12-18(15-11-24-16-8-5-4-7-14(15)16)25-17(20(27)26-19)9-6-10-28(22)23/h4-5,7-8,11,13,19H,3,6,9-10,12,22-23H2,1-2H3/p+1. The number of aliphatic imine (C=N–C) groups is 1. The zero-order valence-electron chi connectivity index (χ0n) is 16.9. The van der Waals surface area contributed by atoms with E-state index in [-0.39, 0.29) is 17.9 Å². The average Bonchev–Trinajstić information content (AvgIpc) is 3.29. The largest absolute Gasteiger partial charge is 0.360 e. The van der Waals surface area contributed by atoms with Crippen LogP contribution in [0, 0.1) is 11.4 Å². The summed E-state index contributed by atoms with van der Waals surface area (Å²) in [6.07, 6.45) is 4.24. The number of hydrogen-bond acceptors (Lipinski definition) is 4. The van der Waals surface area contributed by atoms with Gasteiger partial charge < -0.3 is 10.3 Å². The molecule has 152 valence electrons. The zero-order valence-corrected chi connectivity index (χ0v) is 16.9. The summed E-state index contributed by atoms with van der Waals surface area (Å²) in [6, 6.07) is 7.90. The van der Waals surface area contributed by atoms with Crippen molar-refractivity contribution in [2.75, 3.05) is 13.1 Å². The molecule has 2 aromatic rings. The van der Waals surface area contributed by atoms with Crippen molar-refractivity contribution < 1.29 is 9.60 Å². The molecule has 0 bridgehead atoms. The molecular formula is C21H28N7O+. The second kappa shape index (κ2) is 7.69. The van der Waals surface area contributed by atoms with Gasteiger partial charge in [-0.2, -0.15) is 5.84 Å². The van der Waals surface area contributed by atoms with E-state index in [0.717, 1.165) is 44.9 Å². The zero-order chi connectivity index (χ0) is 20.5. The highest BCUT2D eigenvalue weighted by Gasteiger charge is 2.41. The van der Waals surface area contributed by atoms with E-state index in [4.69, 9.17) is 16.4 Å². The van der Waals surface area contributed by atoms with Crippen molar-refractivity contribution in [3.8, 4) is 0 Å². The van der Waals surface area contributed by atoms with Gasteiger partial charge in [0.25, 0.3) is 5.91 Å². The molecule has 2 atom stereocenters. The van der Waals surface area contributed by atoms with Crippen LogP contribution >= 0.6 is 0 Å². The van der Waals surface area contributed by atoms with Crippen LogP contribution in [0.4, 0.5) is 0 Å². The summed E-state index contributed by atoms with van der Waals surface area (Å²) in [5.41, 5.74) is 11.2. The van der Waals surface area contributed by atoms with E-state index in [9.17, 15) is 4.79 Å². The summed E-state index contributed by atoms with van der Waals surface area (Å²) in [5.74, 6) is 6.62. The minimum Gasteiger partial charge on any atom is -0.360 e. The highest BCUT2D eigenvalue weighted by atomic mass is 16.2. The quantitative estimate of drug-likeness (QED) is 0.251. The SMILES string of the molecule is CCC(C)C1NC2=C(CCC[N+](=N)N)N=C(c3c[nH]c4ccccc34)CN2C1=O. The van der Waals surface area contributed by atoms with Crippen LogP contribution in [0.1, 0.15) is 38.7 Å². The normalized spacial score (nSPS) is 19.9. The Kier molecular flexibility index (Phi) is 5.08. The van der Waals surface area contributed by atoms with Gasteiger partial charge in [-0.15, -0.1) is 0 Å². The molecule has 0 saturated carbocycles. The minimum atomic E-state index is -0.218. The minimum absolute atomic E-state index is 0.111. The number of carbonyl (C=O) groups excluding carboxylic acids is 1. The van der Waals surface area contributed by atoms with Crippen molar-refractivity contribution in [2.24, 2.45) is 16.8 Å². The van der Waals surface area contributed by atoms with Crippen LogP contribution in [0.15, 0.2) is 47.0 Å². The third-order valence-electron chi connectivity index (χ3n) is 5.87. The molecule has 1 amide bonds. The van der Waals surface area contributed by atoms with Crippen LogP contribution in [0.2, 0.25) is 0 Å². The number of aromatic amines is 1. The fourth-order valence-corrected chi connectivity index (χ4v) is 4.03. The highest BCUT2D eigenvalue weighted by Crippen LogP contribution is 2.31. The second-order valence-corrected chi connectivity index (χ2v) is 7.83. The van der Waals surface area contributed by atoms with Crippen molar-refractivity contribution in [3.05, 3.63) is 47.5 Å². The molecular weight excluding hydrogens is 366 g/mol. The van der Waals surface area contributed by atoms with Crippen LogP contribution in [0.3, 0.4) is 0 Å². The lowest BCUT2D eigenvalue weighted by atomic mass is 9.99. The Morgan fingerprint density at radius 2 is 2.21 bits per heavy atom. The molecule has 5 N–H and O–H groups in total. The van der Waals surface area contributed by atoms with Crippen LogP contribution < -0.4 is 11.2 Å². The number of allylic oxidation sites excluding steroid dienone is 1. The predicted molar refractivity (Wildman–Crippen MR) is 111 cm³/mol. The van der Waals surface area contributed by atoms with E-state index in [0.29, 0.717) is 25.9 Å². The molecule has 4 rings (SSSR count). The maximum Gasteiger partial charge on any atom is 0.251 e. The van der Waals surface area contributed by atoms with Gasteiger partial charge >= 0.3 is 0 Å². The van der Waals surface area contributed by atoms with E-state index in [1.165, 1.54) is 0 Å². The third kappa shape index (κ3) is 3.50. The fraction of sp³-hybridized carbons (Fsp3) is 0.429. The molecule has 8 nitrogen and oxygen atoms in total. The van der Waals surface area contributed by atoms with Gasteiger partial charge in [-0.3, -0.25) is 14.7 Å². The van der Waals surface area contributed by atoms with E-state index in [1.807, 2.05) is 29.3 Å². The molecule has 29 heavy (non-hydrogen) atoms. The molecule has 1 saturated heterocycles. The van der Waals surface area contributed by atoms with Gasteiger partial charge in [0.15, 0.2) is 6.54 Å². The molecule has 0 spiro atoms. The Balaban J connectivity index is 1.71. The van der Waals surface area contributed by atoms with Crippen molar-refractivity contribution in [1.29, 1.82) is 5.53 Å². The maximum absolute atomic E-state index is 13.2. The van der Waals surface area contributed by atoms with Gasteiger partial charge in [-0.1, -0.05) is 38.5 Å². The number of hydrazine groups is 1. The lowest BCUT2D eigenvalue weighted by Gasteiger charge is -2.25. The number of hydrogen-bond donors (Lipinski definition) is 4. The van der Waals surface area contributed by atoms with Crippen molar-refractivity contribution in [2.45, 2.75) is 39.2 Å². The first-order chi connectivity index (χ1) is 14.0. The Morgan fingerprint density at radius 1 is 1.41 bits per heavy atom. The van der Waals surface area contributed by atoms with E-state index < -0.39 is 0 Å². The topological polar surface area (TPSA) is 113 Å². The lowest BCUT2D eigenvalue weighted by Crippen LogP contribution is -2.38. The number of nitrogens with zero attached hydrogens (tertiary/aromatic N) is 3. The number of amides is 1. The first kappa shape index (κ1) is 19.2. The van der Waals surface area contributed by atoms with Gasteiger partial charge in [0, 0.05) is 29.1 Å². The Labute approximate surface area is 169 Å². The van der Waals surface area contributed by atoms with Gasteiger partial charge in [0.05, 0.1) is 18.0 Å². The number of fused-ring (bicyclic) bond motifs is 2. The summed E-state index contributed by atoms with van der Waals surface area (Å²) in [6.45, 7) is 5.10. The summed E-state index contributed by atoms with van der Waals surface area (Å²) in [4.78, 5) is 24.2. The van der Waals surface area contributed by atoms with Crippen molar-refractivity contribution in [3.63, 3.8) is 0 Å². The molecule has 1 fully saturated rings. The van der Waals surface area contributed by atoms with E-state index in [2.05, 4.69) is 30.2 Å². The summed E-state index contributed by atoms with van der Waals surface area (Å²) >= 11 is 0. The fourth-order valence-electron chi connectivity index (χ4n) is 4.03. The van der Waals surface area contributed by atoms with Crippen LogP contribution in [-0.4, -0.2) is 45.4 Å². The van der Waals surface area contributed by atoms with Crippen molar-refractivity contribution in [1.82, 2.24) is 15.2 Å². The van der Waals surface area contributed by atoms with E-state index in [1.54, 1.807) is 0 Å². The van der Waals surface area contributed by atoms with Crippen molar-refractivity contribution >= 4 is 22.5 Å². The molecule has 1 aromatic heterocycles. The number of H-pyrrole nitrogens is 1. The Morgan fingerprint density at radius 3 is 2.97 bits per heavy atom.